The summed E-state index contributed by atoms with van der Waals surface area (Å²) in [5.41, 5.74) is 1.43. The van der Waals surface area contributed by atoms with Crippen LogP contribution in [0.4, 0.5) is 10.1 Å². The molecule has 1 aliphatic rings. The van der Waals surface area contributed by atoms with E-state index in [2.05, 4.69) is 10.2 Å². The van der Waals surface area contributed by atoms with Crippen LogP contribution in [-0.4, -0.2) is 37.6 Å². The van der Waals surface area contributed by atoms with Gasteiger partial charge in [-0.15, -0.1) is 0 Å². The maximum atomic E-state index is 13.2. The molecule has 0 unspecified atom stereocenters. The van der Waals surface area contributed by atoms with E-state index in [4.69, 9.17) is 21.1 Å². The maximum absolute atomic E-state index is 13.2. The summed E-state index contributed by atoms with van der Waals surface area (Å²) in [5.74, 6) is 0.836. The highest BCUT2D eigenvalue weighted by atomic mass is 35.5. The van der Waals surface area contributed by atoms with Crippen molar-refractivity contribution in [2.45, 2.75) is 31.8 Å². The number of hydrogen-bond donors (Lipinski definition) is 1. The summed E-state index contributed by atoms with van der Waals surface area (Å²) >= 11 is 6.03. The fourth-order valence-corrected chi connectivity index (χ4v) is 3.87. The van der Waals surface area contributed by atoms with E-state index >= 15 is 0 Å². The number of methoxy groups -OCH3 is 2. The summed E-state index contributed by atoms with van der Waals surface area (Å²) in [6.45, 7) is 2.66. The van der Waals surface area contributed by atoms with E-state index in [9.17, 15) is 9.18 Å². The number of rotatable bonds is 6. The van der Waals surface area contributed by atoms with Crippen molar-refractivity contribution in [1.29, 1.82) is 0 Å². The van der Waals surface area contributed by atoms with E-state index in [0.717, 1.165) is 36.4 Å². The minimum Gasteiger partial charge on any atom is -0.497 e. The van der Waals surface area contributed by atoms with Gasteiger partial charge < -0.3 is 14.8 Å². The summed E-state index contributed by atoms with van der Waals surface area (Å²) in [4.78, 5) is 15.0. The third kappa shape index (κ3) is 4.23. The Labute approximate surface area is 169 Å². The normalized spacial score (nSPS) is 18.0. The number of nitrogens with one attached hydrogen (secondary N) is 1. The zero-order valence-electron chi connectivity index (χ0n) is 16.2. The Kier molecular flexibility index (Phi) is 6.42. The third-order valence-corrected chi connectivity index (χ3v) is 5.47. The van der Waals surface area contributed by atoms with Gasteiger partial charge in [-0.05, 0) is 50.6 Å². The van der Waals surface area contributed by atoms with Gasteiger partial charge in [-0.25, -0.2) is 4.39 Å². The van der Waals surface area contributed by atoms with Crippen LogP contribution in [0, 0.1) is 5.82 Å². The summed E-state index contributed by atoms with van der Waals surface area (Å²) in [6, 6.07) is 9.34. The molecule has 0 radical (unpaired) electrons. The highest BCUT2D eigenvalue weighted by molar-refractivity contribution is 6.33. The largest absolute Gasteiger partial charge is 0.497 e. The van der Waals surface area contributed by atoms with E-state index < -0.39 is 5.82 Å². The second-order valence-electron chi connectivity index (χ2n) is 6.79. The molecule has 0 saturated carbocycles. The van der Waals surface area contributed by atoms with E-state index in [1.807, 2.05) is 25.1 Å². The number of carbonyl (C=O) groups is 1. The molecule has 0 aliphatic carbocycles. The molecule has 3 rings (SSSR count). The van der Waals surface area contributed by atoms with Crippen molar-refractivity contribution >= 4 is 23.2 Å². The number of hydrogen-bond acceptors (Lipinski definition) is 4. The van der Waals surface area contributed by atoms with Crippen molar-refractivity contribution < 1.29 is 18.7 Å². The van der Waals surface area contributed by atoms with Crippen LogP contribution >= 0.6 is 11.6 Å². The lowest BCUT2D eigenvalue weighted by molar-refractivity contribution is -0.121. The van der Waals surface area contributed by atoms with Gasteiger partial charge in [-0.3, -0.25) is 9.69 Å². The summed E-state index contributed by atoms with van der Waals surface area (Å²) < 4.78 is 24.1. The standard InChI is InChI=1S/C21H24ClFN2O3/c1-13(21(26)24-18-9-6-14(23)11-17(18)22)25-10-4-5-19(25)16-8-7-15(27-2)12-20(16)28-3/h6-9,11-13,19H,4-5,10H2,1-3H3,(H,24,26)/t13-,19-/m1/s1. The number of nitrogens with zero attached hydrogens (tertiary/aromatic N) is 1. The highest BCUT2D eigenvalue weighted by Gasteiger charge is 2.34. The number of ether oxygens (including phenoxy) is 2. The molecule has 1 heterocycles. The Bertz CT molecular complexity index is 862. The highest BCUT2D eigenvalue weighted by Crippen LogP contribution is 2.39. The topological polar surface area (TPSA) is 50.8 Å². The fraction of sp³-hybridized carbons (Fsp3) is 0.381. The van der Waals surface area contributed by atoms with Gasteiger partial charge in [-0.2, -0.15) is 0 Å². The lowest BCUT2D eigenvalue weighted by Crippen LogP contribution is -2.41. The molecule has 7 heteroatoms. The van der Waals surface area contributed by atoms with Crippen molar-refractivity contribution in [3.05, 3.63) is 52.8 Å². The van der Waals surface area contributed by atoms with Crippen molar-refractivity contribution in [2.24, 2.45) is 0 Å². The average molecular weight is 407 g/mol. The number of carbonyl (C=O) groups excluding carboxylic acids is 1. The number of likely N-dealkylation sites (tertiary alicyclic amines) is 1. The van der Waals surface area contributed by atoms with Crippen LogP contribution in [0.1, 0.15) is 31.4 Å². The predicted octanol–water partition coefficient (Wildman–Crippen LogP) is 4.66. The Morgan fingerprint density at radius 2 is 2.04 bits per heavy atom. The van der Waals surface area contributed by atoms with E-state index in [-0.39, 0.29) is 23.0 Å². The Morgan fingerprint density at radius 3 is 2.71 bits per heavy atom. The van der Waals surface area contributed by atoms with Crippen LogP contribution in [0.15, 0.2) is 36.4 Å². The van der Waals surface area contributed by atoms with Gasteiger partial charge in [0.1, 0.15) is 17.3 Å². The van der Waals surface area contributed by atoms with Crippen LogP contribution in [-0.2, 0) is 4.79 Å². The molecular formula is C21H24ClFN2O3. The molecule has 1 N–H and O–H groups in total. The lowest BCUT2D eigenvalue weighted by atomic mass is 10.0. The maximum Gasteiger partial charge on any atom is 0.241 e. The number of amides is 1. The second kappa shape index (κ2) is 8.80. The van der Waals surface area contributed by atoms with E-state index in [1.165, 1.54) is 18.2 Å². The van der Waals surface area contributed by atoms with Crippen LogP contribution in [0.3, 0.4) is 0 Å². The molecule has 2 atom stereocenters. The molecule has 0 spiro atoms. The molecule has 1 aliphatic heterocycles. The molecule has 0 bridgehead atoms. The molecule has 0 aromatic heterocycles. The molecule has 150 valence electrons. The first-order valence-electron chi connectivity index (χ1n) is 9.18. The third-order valence-electron chi connectivity index (χ3n) is 5.16. The second-order valence-corrected chi connectivity index (χ2v) is 7.20. The van der Waals surface area contributed by atoms with Gasteiger partial charge in [0.25, 0.3) is 0 Å². The molecule has 2 aromatic rings. The van der Waals surface area contributed by atoms with Gasteiger partial charge in [0, 0.05) is 17.7 Å². The zero-order valence-corrected chi connectivity index (χ0v) is 16.9. The zero-order chi connectivity index (χ0) is 20.3. The van der Waals surface area contributed by atoms with Gasteiger partial charge in [0.2, 0.25) is 5.91 Å². The smallest absolute Gasteiger partial charge is 0.241 e. The molecule has 1 saturated heterocycles. The summed E-state index contributed by atoms with van der Waals surface area (Å²) in [6.07, 6.45) is 1.91. The van der Waals surface area contributed by atoms with Crippen molar-refractivity contribution in [2.75, 3.05) is 26.1 Å². The Balaban J connectivity index is 1.79. The first kappa shape index (κ1) is 20.4. The molecular weight excluding hydrogens is 383 g/mol. The van der Waals surface area contributed by atoms with Crippen LogP contribution in [0.2, 0.25) is 5.02 Å². The SMILES string of the molecule is COc1ccc([C@H]2CCCN2[C@H](C)C(=O)Nc2ccc(F)cc2Cl)c(OC)c1. The lowest BCUT2D eigenvalue weighted by Gasteiger charge is -2.31. The Hall–Kier alpha value is -2.31. The molecule has 28 heavy (non-hydrogen) atoms. The van der Waals surface area contributed by atoms with Crippen LogP contribution in [0.25, 0.3) is 0 Å². The van der Waals surface area contributed by atoms with Gasteiger partial charge in [0.05, 0.1) is 31.0 Å². The van der Waals surface area contributed by atoms with Crippen molar-refractivity contribution in [1.82, 2.24) is 4.90 Å². The summed E-state index contributed by atoms with van der Waals surface area (Å²) in [7, 11) is 3.24. The van der Waals surface area contributed by atoms with Gasteiger partial charge in [-0.1, -0.05) is 17.7 Å². The molecule has 5 nitrogen and oxygen atoms in total. The fourth-order valence-electron chi connectivity index (χ4n) is 3.66. The van der Waals surface area contributed by atoms with Gasteiger partial charge in [0.15, 0.2) is 0 Å². The summed E-state index contributed by atoms with van der Waals surface area (Å²) in [5, 5.41) is 2.98. The van der Waals surface area contributed by atoms with Crippen LogP contribution < -0.4 is 14.8 Å². The Morgan fingerprint density at radius 1 is 1.25 bits per heavy atom. The van der Waals surface area contributed by atoms with Crippen molar-refractivity contribution in [3.63, 3.8) is 0 Å². The van der Waals surface area contributed by atoms with E-state index in [0.29, 0.717) is 5.69 Å². The number of halogens is 2. The molecule has 2 aromatic carbocycles. The monoisotopic (exact) mass is 406 g/mol. The number of anilines is 1. The average Bonchev–Trinajstić information content (AvgIpc) is 3.18. The first-order valence-corrected chi connectivity index (χ1v) is 9.56. The quantitative estimate of drug-likeness (QED) is 0.758. The van der Waals surface area contributed by atoms with E-state index in [1.54, 1.807) is 14.2 Å². The number of benzene rings is 2. The van der Waals surface area contributed by atoms with Gasteiger partial charge >= 0.3 is 0 Å². The molecule has 1 fully saturated rings. The first-order chi connectivity index (χ1) is 13.4. The van der Waals surface area contributed by atoms with Crippen molar-refractivity contribution in [3.8, 4) is 11.5 Å². The minimum atomic E-state index is -0.442. The molecule has 1 amide bonds. The predicted molar refractivity (Wildman–Crippen MR) is 108 cm³/mol. The van der Waals surface area contributed by atoms with Crippen LogP contribution in [0.5, 0.6) is 11.5 Å². The minimum absolute atomic E-state index is 0.0605.